The van der Waals surface area contributed by atoms with Crippen molar-refractivity contribution in [2.45, 2.75) is 30.9 Å². The first-order valence-electron chi connectivity index (χ1n) is 9.86. The summed E-state index contributed by atoms with van der Waals surface area (Å²) >= 11 is 1.16. The first kappa shape index (κ1) is 21.3. The number of amides is 1. The van der Waals surface area contributed by atoms with E-state index in [2.05, 4.69) is 10.5 Å². The summed E-state index contributed by atoms with van der Waals surface area (Å²) in [6, 6.07) is 10.6. The maximum atomic E-state index is 13.0. The summed E-state index contributed by atoms with van der Waals surface area (Å²) < 4.78 is 32.8. The number of rotatable bonds is 7. The summed E-state index contributed by atoms with van der Waals surface area (Å²) in [7, 11) is -2.12. The van der Waals surface area contributed by atoms with E-state index in [1.807, 2.05) is 19.1 Å². The molecular formula is C22H23N3O4S2. The SMILES string of the molecule is Cc1ccc(N(C)S(=O)(=O)c2ccc(/C=C/c3onc(C)c3NC(=O)C3CC3)s2)cc1. The van der Waals surface area contributed by atoms with Crippen LogP contribution in [-0.2, 0) is 14.8 Å². The number of nitrogens with zero attached hydrogens (tertiary/aromatic N) is 2. The van der Waals surface area contributed by atoms with Gasteiger partial charge in [-0.1, -0.05) is 22.9 Å². The van der Waals surface area contributed by atoms with Gasteiger partial charge in [0.05, 0.1) is 5.69 Å². The number of nitrogens with one attached hydrogen (secondary N) is 1. The molecule has 1 N–H and O–H groups in total. The molecule has 0 bridgehead atoms. The number of sulfonamides is 1. The first-order valence-corrected chi connectivity index (χ1v) is 12.1. The van der Waals surface area contributed by atoms with Gasteiger partial charge in [0, 0.05) is 17.8 Å². The number of aromatic nitrogens is 1. The van der Waals surface area contributed by atoms with Crippen molar-refractivity contribution in [2.24, 2.45) is 5.92 Å². The van der Waals surface area contributed by atoms with Crippen LogP contribution in [0.25, 0.3) is 12.2 Å². The third-order valence-electron chi connectivity index (χ3n) is 5.10. The van der Waals surface area contributed by atoms with Crippen molar-refractivity contribution in [3.63, 3.8) is 0 Å². The smallest absolute Gasteiger partial charge is 0.273 e. The molecule has 0 unspecified atom stereocenters. The van der Waals surface area contributed by atoms with Crippen LogP contribution >= 0.6 is 11.3 Å². The Morgan fingerprint density at radius 2 is 1.87 bits per heavy atom. The number of carbonyl (C=O) groups is 1. The molecular weight excluding hydrogens is 434 g/mol. The fourth-order valence-electron chi connectivity index (χ4n) is 2.97. The quantitative estimate of drug-likeness (QED) is 0.555. The summed E-state index contributed by atoms with van der Waals surface area (Å²) in [5.74, 6) is 0.479. The van der Waals surface area contributed by atoms with Crippen LogP contribution in [-0.4, -0.2) is 26.5 Å². The topological polar surface area (TPSA) is 92.5 Å². The second-order valence-corrected chi connectivity index (χ2v) is 10.9. The van der Waals surface area contributed by atoms with Crippen molar-refractivity contribution >= 4 is 50.8 Å². The minimum Gasteiger partial charge on any atom is -0.354 e. The van der Waals surface area contributed by atoms with Gasteiger partial charge in [0.1, 0.15) is 15.6 Å². The largest absolute Gasteiger partial charge is 0.354 e. The number of benzene rings is 1. The zero-order chi connectivity index (χ0) is 22.2. The van der Waals surface area contributed by atoms with E-state index in [1.54, 1.807) is 50.4 Å². The monoisotopic (exact) mass is 457 g/mol. The molecule has 1 aliphatic carbocycles. The van der Waals surface area contributed by atoms with E-state index < -0.39 is 10.0 Å². The number of hydrogen-bond donors (Lipinski definition) is 1. The second kappa shape index (κ2) is 8.32. The van der Waals surface area contributed by atoms with Crippen molar-refractivity contribution in [3.05, 3.63) is 58.3 Å². The summed E-state index contributed by atoms with van der Waals surface area (Å²) in [5, 5.41) is 6.81. The Labute approximate surface area is 185 Å². The average Bonchev–Trinajstić information content (AvgIpc) is 3.40. The molecule has 1 saturated carbocycles. The van der Waals surface area contributed by atoms with Crippen LogP contribution in [0, 0.1) is 19.8 Å². The van der Waals surface area contributed by atoms with Crippen LogP contribution in [0.3, 0.4) is 0 Å². The lowest BCUT2D eigenvalue weighted by Gasteiger charge is -2.18. The molecule has 7 nitrogen and oxygen atoms in total. The van der Waals surface area contributed by atoms with Gasteiger partial charge in [-0.25, -0.2) is 8.42 Å². The van der Waals surface area contributed by atoms with E-state index in [0.29, 0.717) is 22.8 Å². The van der Waals surface area contributed by atoms with Gasteiger partial charge in [-0.3, -0.25) is 9.10 Å². The molecule has 0 atom stereocenters. The van der Waals surface area contributed by atoms with Gasteiger partial charge in [-0.15, -0.1) is 11.3 Å². The van der Waals surface area contributed by atoms with Gasteiger partial charge in [0.15, 0.2) is 5.76 Å². The zero-order valence-corrected chi connectivity index (χ0v) is 19.1. The molecule has 1 aromatic carbocycles. The van der Waals surface area contributed by atoms with Crippen molar-refractivity contribution in [2.75, 3.05) is 16.7 Å². The Balaban J connectivity index is 1.52. The Hall–Kier alpha value is -2.91. The van der Waals surface area contributed by atoms with Crippen LogP contribution in [0.4, 0.5) is 11.4 Å². The molecule has 1 fully saturated rings. The predicted octanol–water partition coefficient (Wildman–Crippen LogP) is 4.70. The fraction of sp³-hybridized carbons (Fsp3) is 0.273. The van der Waals surface area contributed by atoms with Crippen LogP contribution in [0.5, 0.6) is 0 Å². The number of aryl methyl sites for hydroxylation is 2. The maximum absolute atomic E-state index is 13.0. The van der Waals surface area contributed by atoms with Gasteiger partial charge in [0.2, 0.25) is 5.91 Å². The number of anilines is 2. The Morgan fingerprint density at radius 1 is 1.16 bits per heavy atom. The van der Waals surface area contributed by atoms with Gasteiger partial charge >= 0.3 is 0 Å². The highest BCUT2D eigenvalue weighted by Gasteiger charge is 2.31. The Morgan fingerprint density at radius 3 is 2.55 bits per heavy atom. The second-order valence-electron chi connectivity index (χ2n) is 7.57. The van der Waals surface area contributed by atoms with Crippen molar-refractivity contribution in [1.29, 1.82) is 0 Å². The summed E-state index contributed by atoms with van der Waals surface area (Å²) in [6.45, 7) is 3.72. The van der Waals surface area contributed by atoms with E-state index in [4.69, 9.17) is 4.52 Å². The van der Waals surface area contributed by atoms with Gasteiger partial charge in [0.25, 0.3) is 10.0 Å². The van der Waals surface area contributed by atoms with Crippen LogP contribution < -0.4 is 9.62 Å². The molecule has 2 heterocycles. The Kier molecular flexibility index (Phi) is 5.72. The van der Waals surface area contributed by atoms with E-state index in [0.717, 1.165) is 34.6 Å². The van der Waals surface area contributed by atoms with Crippen LogP contribution in [0.1, 0.15) is 34.7 Å². The lowest BCUT2D eigenvalue weighted by molar-refractivity contribution is -0.117. The van der Waals surface area contributed by atoms with Crippen molar-refractivity contribution in [3.8, 4) is 0 Å². The van der Waals surface area contributed by atoms with Crippen LogP contribution in [0.15, 0.2) is 45.1 Å². The molecule has 162 valence electrons. The molecule has 0 radical (unpaired) electrons. The molecule has 31 heavy (non-hydrogen) atoms. The molecule has 2 aromatic heterocycles. The van der Waals surface area contributed by atoms with Gasteiger partial charge < -0.3 is 9.84 Å². The lowest BCUT2D eigenvalue weighted by Crippen LogP contribution is -2.25. The highest BCUT2D eigenvalue weighted by molar-refractivity contribution is 7.94. The summed E-state index contributed by atoms with van der Waals surface area (Å²) in [4.78, 5) is 12.8. The molecule has 4 rings (SSSR count). The van der Waals surface area contributed by atoms with Gasteiger partial charge in [-0.05, 0) is 63.1 Å². The number of thiophene rings is 1. The van der Waals surface area contributed by atoms with Crippen molar-refractivity contribution in [1.82, 2.24) is 5.16 Å². The van der Waals surface area contributed by atoms with E-state index in [-0.39, 0.29) is 16.0 Å². The molecule has 1 amide bonds. The highest BCUT2D eigenvalue weighted by atomic mass is 32.2. The summed E-state index contributed by atoms with van der Waals surface area (Å²) in [5.41, 5.74) is 2.82. The molecule has 0 aliphatic heterocycles. The third kappa shape index (κ3) is 4.57. The highest BCUT2D eigenvalue weighted by Crippen LogP contribution is 2.33. The molecule has 1 aliphatic rings. The van der Waals surface area contributed by atoms with Crippen LogP contribution in [0.2, 0.25) is 0 Å². The predicted molar refractivity (Wildman–Crippen MR) is 123 cm³/mol. The minimum atomic E-state index is -3.66. The summed E-state index contributed by atoms with van der Waals surface area (Å²) in [6.07, 6.45) is 5.26. The van der Waals surface area contributed by atoms with E-state index in [1.165, 1.54) is 4.31 Å². The maximum Gasteiger partial charge on any atom is 0.273 e. The lowest BCUT2D eigenvalue weighted by atomic mass is 10.2. The number of hydrogen-bond acceptors (Lipinski definition) is 6. The molecule has 0 spiro atoms. The molecule has 3 aromatic rings. The van der Waals surface area contributed by atoms with E-state index in [9.17, 15) is 13.2 Å². The normalized spacial score (nSPS) is 14.2. The standard InChI is InChI=1S/C22H23N3O4S2/c1-14-4-8-17(9-5-14)25(3)31(27,28)20-13-11-18(30-20)10-12-19-21(15(2)24-29-19)23-22(26)16-6-7-16/h4-5,8-13,16H,6-7H2,1-3H3,(H,23,26)/b12-10+. The first-order chi connectivity index (χ1) is 14.8. The number of carbonyl (C=O) groups excluding carboxylic acids is 1. The zero-order valence-electron chi connectivity index (χ0n) is 17.5. The fourth-order valence-corrected chi connectivity index (χ4v) is 5.57. The molecule has 0 saturated heterocycles. The van der Waals surface area contributed by atoms with E-state index >= 15 is 0 Å². The minimum absolute atomic E-state index is 0.0235. The van der Waals surface area contributed by atoms with Crippen molar-refractivity contribution < 1.29 is 17.7 Å². The molecule has 9 heteroatoms. The average molecular weight is 458 g/mol. The Bertz CT molecular complexity index is 1240. The third-order valence-corrected chi connectivity index (χ3v) is 8.40. The van der Waals surface area contributed by atoms with Gasteiger partial charge in [-0.2, -0.15) is 0 Å².